The number of nitriles is 1. The number of methoxy groups -OCH3 is 3. The van der Waals surface area contributed by atoms with E-state index in [1.165, 1.54) is 12.1 Å². The topological polar surface area (TPSA) is 185 Å². The van der Waals surface area contributed by atoms with Crippen molar-refractivity contribution in [3.63, 3.8) is 0 Å². The lowest BCUT2D eigenvalue weighted by molar-refractivity contribution is -0.106. The van der Waals surface area contributed by atoms with Gasteiger partial charge in [-0.2, -0.15) is 5.26 Å². The number of aromatic nitrogens is 1. The molecule has 0 saturated heterocycles. The predicted octanol–water partition coefficient (Wildman–Crippen LogP) is 6.08. The lowest BCUT2D eigenvalue weighted by atomic mass is 10.1. The van der Waals surface area contributed by atoms with Crippen molar-refractivity contribution in [2.45, 2.75) is 0 Å². The van der Waals surface area contributed by atoms with Crippen LogP contribution in [0.2, 0.25) is 0 Å². The maximum atomic E-state index is 10.2. The van der Waals surface area contributed by atoms with Crippen LogP contribution in [-0.2, 0) is 4.79 Å². The number of phenolic OH excluding ortho intramolecular Hbond substituents is 1. The number of ether oxygens (including phenoxy) is 3. The van der Waals surface area contributed by atoms with Crippen molar-refractivity contribution in [2.24, 2.45) is 5.18 Å². The molecule has 0 aliphatic carbocycles. The van der Waals surface area contributed by atoms with E-state index in [1.807, 2.05) is 24.3 Å². The van der Waals surface area contributed by atoms with Gasteiger partial charge < -0.3 is 24.4 Å². The molecule has 2 N–H and O–H groups in total. The number of rotatable bonds is 7. The Morgan fingerprint density at radius 1 is 0.761 bits per heavy atom. The van der Waals surface area contributed by atoms with E-state index in [1.54, 1.807) is 86.4 Å². The first-order valence-electron chi connectivity index (χ1n) is 12.9. The number of aldehydes is 2. The van der Waals surface area contributed by atoms with Gasteiger partial charge in [0, 0.05) is 29.0 Å². The monoisotopic (exact) mass is 645 g/mol. The van der Waals surface area contributed by atoms with Gasteiger partial charge in [0.05, 0.1) is 33.0 Å². The first-order valence-corrected chi connectivity index (χ1v) is 13.8. The first kappa shape index (κ1) is 38.1. The van der Waals surface area contributed by atoms with Gasteiger partial charge >= 0.3 is 0 Å². The maximum Gasteiger partial charge on any atom is 0.274 e. The minimum Gasteiger partial charge on any atom is -0.508 e. The molecule has 0 unspecified atom stereocenters. The van der Waals surface area contributed by atoms with Crippen LogP contribution in [0, 0.1) is 16.2 Å². The molecule has 0 aliphatic rings. The number of nitrogens with zero attached hydrogens (tertiary/aromatic N) is 3. The van der Waals surface area contributed by atoms with Crippen LogP contribution in [0.15, 0.2) is 90.1 Å². The number of phenols is 1. The number of carbonyl (C=O) groups is 3. The summed E-state index contributed by atoms with van der Waals surface area (Å²) in [5, 5.41) is 27.3. The average molecular weight is 646 g/mol. The largest absolute Gasteiger partial charge is 0.508 e. The molecule has 5 rings (SSSR count). The Bertz CT molecular complexity index is 1650. The number of benzene rings is 4. The van der Waals surface area contributed by atoms with E-state index >= 15 is 0 Å². The van der Waals surface area contributed by atoms with Crippen LogP contribution in [0.25, 0.3) is 20.8 Å². The number of carbonyl (C=O) groups excluding carboxylic acids is 3. The molecular formula is C33H31N3O9S. The Balaban J connectivity index is 0.000000353. The van der Waals surface area contributed by atoms with Gasteiger partial charge in [0.15, 0.2) is 0 Å². The van der Waals surface area contributed by atoms with Gasteiger partial charge in [0.25, 0.3) is 6.41 Å². The van der Waals surface area contributed by atoms with E-state index in [4.69, 9.17) is 39.4 Å². The smallest absolute Gasteiger partial charge is 0.274 e. The molecule has 0 atom stereocenters. The summed E-state index contributed by atoms with van der Waals surface area (Å²) in [6, 6.07) is 26.2. The van der Waals surface area contributed by atoms with Crippen LogP contribution in [0.4, 0.5) is 0 Å². The number of nitroso groups, excluding NO2 is 1. The molecule has 0 aliphatic heterocycles. The van der Waals surface area contributed by atoms with Crippen LogP contribution in [0.3, 0.4) is 0 Å². The Morgan fingerprint density at radius 2 is 1.26 bits per heavy atom. The SMILES string of the molecule is CO.COc1ccc(C=O)cc1.COc1ccc(OC)c2sc(-c3ccc(C#N)cc3)nc12.O=CN=O.O=Cc1ccc(O)cc1. The van der Waals surface area contributed by atoms with E-state index < -0.39 is 0 Å². The fraction of sp³-hybridized carbons (Fsp3) is 0.121. The molecule has 1 amide bonds. The third-order valence-corrected chi connectivity index (χ3v) is 6.61. The zero-order valence-electron chi connectivity index (χ0n) is 25.3. The van der Waals surface area contributed by atoms with Crippen molar-refractivity contribution in [1.82, 2.24) is 4.98 Å². The number of aromatic hydroxyl groups is 1. The molecule has 4 aromatic carbocycles. The molecule has 238 valence electrons. The summed E-state index contributed by atoms with van der Waals surface area (Å²) in [4.78, 5) is 42.1. The minimum atomic E-state index is -0.0556. The van der Waals surface area contributed by atoms with E-state index in [0.29, 0.717) is 16.7 Å². The molecule has 1 aromatic heterocycles. The van der Waals surface area contributed by atoms with Crippen molar-refractivity contribution < 1.29 is 38.8 Å². The summed E-state index contributed by atoms with van der Waals surface area (Å²) >= 11 is 1.55. The average Bonchev–Trinajstić information content (AvgIpc) is 3.59. The quantitative estimate of drug-likeness (QED) is 0.154. The Kier molecular flexibility index (Phi) is 17.9. The highest BCUT2D eigenvalue weighted by atomic mass is 32.1. The van der Waals surface area contributed by atoms with Crippen molar-refractivity contribution in [2.75, 3.05) is 28.4 Å². The maximum absolute atomic E-state index is 10.2. The molecule has 0 radical (unpaired) electrons. The van der Waals surface area contributed by atoms with Crippen LogP contribution < -0.4 is 14.2 Å². The summed E-state index contributed by atoms with van der Waals surface area (Å²) in [5.74, 6) is 2.45. The molecular weight excluding hydrogens is 614 g/mol. The molecule has 1 heterocycles. The van der Waals surface area contributed by atoms with Crippen molar-refractivity contribution in [1.29, 1.82) is 5.26 Å². The number of amides is 1. The van der Waals surface area contributed by atoms with Crippen molar-refractivity contribution >= 4 is 40.5 Å². The Labute approximate surface area is 269 Å². The first-order chi connectivity index (χ1) is 22.4. The molecule has 46 heavy (non-hydrogen) atoms. The standard InChI is InChI=1S/C16H12N2O2S.C8H8O2.C7H6O2.CHNO2.CH4O/c1-19-12-7-8-13(20-2)15-14(12)18-16(21-15)11-5-3-10(9-17)4-6-11;1-10-8-4-2-7(6-9)3-5-8;8-5-6-1-3-7(9)4-2-6;3-1-2-4;1-2/h3-8H,1-2H3;2-6H,1H3;1-5,9H;1H;2H,1H3. The fourth-order valence-corrected chi connectivity index (χ4v) is 4.41. The minimum absolute atomic E-state index is 0.0556. The molecule has 0 spiro atoms. The number of aliphatic hydroxyl groups excluding tert-OH is 1. The van der Waals surface area contributed by atoms with Gasteiger partial charge in [-0.05, 0) is 72.8 Å². The van der Waals surface area contributed by atoms with Crippen molar-refractivity contribution in [3.05, 3.63) is 107 Å². The van der Waals surface area contributed by atoms with Gasteiger partial charge in [-0.1, -0.05) is 12.1 Å². The Morgan fingerprint density at radius 3 is 1.70 bits per heavy atom. The third kappa shape index (κ3) is 12.0. The summed E-state index contributed by atoms with van der Waals surface area (Å²) in [6.45, 7) is 0. The van der Waals surface area contributed by atoms with Crippen LogP contribution in [0.1, 0.15) is 26.3 Å². The van der Waals surface area contributed by atoms with Crippen LogP contribution in [0.5, 0.6) is 23.0 Å². The zero-order valence-corrected chi connectivity index (χ0v) is 26.1. The summed E-state index contributed by atoms with van der Waals surface area (Å²) in [7, 11) is 5.86. The van der Waals surface area contributed by atoms with E-state index in [2.05, 4.69) is 11.1 Å². The number of hydrogen-bond donors (Lipinski definition) is 2. The highest BCUT2D eigenvalue weighted by Crippen LogP contribution is 2.40. The molecule has 5 aromatic rings. The van der Waals surface area contributed by atoms with Gasteiger partial charge in [-0.15, -0.1) is 16.2 Å². The van der Waals surface area contributed by atoms with Gasteiger partial charge in [-0.3, -0.25) is 14.4 Å². The normalized spacial score (nSPS) is 8.96. The third-order valence-electron chi connectivity index (χ3n) is 5.50. The highest BCUT2D eigenvalue weighted by molar-refractivity contribution is 7.22. The number of hydrogen-bond acceptors (Lipinski definition) is 12. The second kappa shape index (κ2) is 21.7. The van der Waals surface area contributed by atoms with E-state index in [0.717, 1.165) is 57.7 Å². The van der Waals surface area contributed by atoms with E-state index in [-0.39, 0.29) is 12.2 Å². The highest BCUT2D eigenvalue weighted by Gasteiger charge is 2.14. The summed E-state index contributed by atoms with van der Waals surface area (Å²) in [6.07, 6.45) is 1.48. The second-order valence-corrected chi connectivity index (χ2v) is 9.17. The Hall–Kier alpha value is -5.97. The predicted molar refractivity (Wildman–Crippen MR) is 175 cm³/mol. The molecule has 0 bridgehead atoms. The molecule has 13 heteroatoms. The number of thiazole rings is 1. The van der Waals surface area contributed by atoms with Crippen molar-refractivity contribution in [3.8, 4) is 39.6 Å². The number of fused-ring (bicyclic) bond motifs is 1. The lowest BCUT2D eigenvalue weighted by Gasteiger charge is -2.03. The summed E-state index contributed by atoms with van der Waals surface area (Å²) < 4.78 is 16.6. The van der Waals surface area contributed by atoms with Gasteiger partial charge in [0.2, 0.25) is 0 Å². The zero-order chi connectivity index (χ0) is 34.3. The fourth-order valence-electron chi connectivity index (χ4n) is 3.33. The molecule has 12 nitrogen and oxygen atoms in total. The molecule has 0 fully saturated rings. The van der Waals surface area contributed by atoms with Crippen LogP contribution in [-0.4, -0.2) is 62.6 Å². The van der Waals surface area contributed by atoms with Gasteiger partial charge in [-0.25, -0.2) is 4.98 Å². The lowest BCUT2D eigenvalue weighted by Crippen LogP contribution is -1.87. The number of aliphatic hydroxyl groups is 1. The summed E-state index contributed by atoms with van der Waals surface area (Å²) in [5.41, 5.74) is 3.64. The van der Waals surface area contributed by atoms with Crippen LogP contribution >= 0.6 is 11.3 Å². The van der Waals surface area contributed by atoms with E-state index in [9.17, 15) is 9.59 Å². The molecule has 0 saturated carbocycles. The second-order valence-electron chi connectivity index (χ2n) is 8.17. The van der Waals surface area contributed by atoms with Gasteiger partial charge in [0.1, 0.15) is 50.8 Å².